The number of furan rings is 1. The molecule has 1 N–H and O–H groups in total. The molecule has 1 heterocycles. The van der Waals surface area contributed by atoms with Gasteiger partial charge in [-0.1, -0.05) is 20.3 Å². The quantitative estimate of drug-likeness (QED) is 0.789. The van der Waals surface area contributed by atoms with Crippen LogP contribution in [-0.2, 0) is 23.1 Å². The summed E-state index contributed by atoms with van der Waals surface area (Å²) >= 11 is 0. The molecule has 0 amide bonds. The lowest BCUT2D eigenvalue weighted by Crippen LogP contribution is -2.14. The van der Waals surface area contributed by atoms with E-state index in [1.54, 1.807) is 0 Å². The summed E-state index contributed by atoms with van der Waals surface area (Å²) in [5, 5.41) is 3.41. The van der Waals surface area contributed by atoms with Crippen molar-refractivity contribution < 1.29 is 8.63 Å². The molecule has 1 aliphatic carbocycles. The van der Waals surface area contributed by atoms with Gasteiger partial charge in [0.1, 0.15) is 11.5 Å². The summed E-state index contributed by atoms with van der Waals surface area (Å²) in [7, 11) is -0.802. The molecule has 2 rings (SSSR count). The number of hydrogen-bond acceptors (Lipinski definition) is 3. The standard InChI is InChI=1S/C14H23NO2S/c1-3-11(2)9-18(16)10-14-7-6-13(17-14)8-15-12-4-5-12/h6-7,11-12,15H,3-5,8-10H2,1-2H3. The Morgan fingerprint density at radius 3 is 2.83 bits per heavy atom. The predicted octanol–water partition coefficient (Wildman–Crippen LogP) is 2.83. The zero-order valence-electron chi connectivity index (χ0n) is 11.3. The fraction of sp³-hybridized carbons (Fsp3) is 0.714. The highest BCUT2D eigenvalue weighted by molar-refractivity contribution is 7.84. The molecule has 0 saturated heterocycles. The molecule has 1 saturated carbocycles. The van der Waals surface area contributed by atoms with Crippen molar-refractivity contribution in [3.8, 4) is 0 Å². The van der Waals surface area contributed by atoms with Crippen LogP contribution in [0.4, 0.5) is 0 Å². The summed E-state index contributed by atoms with van der Waals surface area (Å²) in [4.78, 5) is 0. The monoisotopic (exact) mass is 269 g/mol. The van der Waals surface area contributed by atoms with Crippen molar-refractivity contribution in [1.29, 1.82) is 0 Å². The van der Waals surface area contributed by atoms with Crippen LogP contribution in [0.15, 0.2) is 16.5 Å². The lowest BCUT2D eigenvalue weighted by atomic mass is 10.2. The number of nitrogens with one attached hydrogen (secondary N) is 1. The second-order valence-corrected chi connectivity index (χ2v) is 6.79. The molecule has 2 unspecified atom stereocenters. The zero-order chi connectivity index (χ0) is 13.0. The Balaban J connectivity index is 1.76. The lowest BCUT2D eigenvalue weighted by Gasteiger charge is -2.06. The topological polar surface area (TPSA) is 42.2 Å². The van der Waals surface area contributed by atoms with Gasteiger partial charge in [0.15, 0.2) is 0 Å². The third-order valence-electron chi connectivity index (χ3n) is 3.33. The van der Waals surface area contributed by atoms with E-state index < -0.39 is 10.8 Å². The van der Waals surface area contributed by atoms with Crippen LogP contribution in [0.2, 0.25) is 0 Å². The van der Waals surface area contributed by atoms with Gasteiger partial charge in [0.2, 0.25) is 0 Å². The van der Waals surface area contributed by atoms with Crippen LogP contribution in [-0.4, -0.2) is 16.0 Å². The van der Waals surface area contributed by atoms with E-state index in [2.05, 4.69) is 19.2 Å². The fourth-order valence-corrected chi connectivity index (χ4v) is 3.24. The van der Waals surface area contributed by atoms with Gasteiger partial charge in [-0.05, 0) is 30.9 Å². The van der Waals surface area contributed by atoms with Gasteiger partial charge in [-0.3, -0.25) is 4.21 Å². The molecule has 18 heavy (non-hydrogen) atoms. The normalized spacial score (nSPS) is 18.8. The summed E-state index contributed by atoms with van der Waals surface area (Å²) in [6, 6.07) is 4.64. The van der Waals surface area contributed by atoms with E-state index in [0.717, 1.165) is 30.2 Å². The Hall–Kier alpha value is -0.610. The van der Waals surface area contributed by atoms with E-state index in [-0.39, 0.29) is 0 Å². The summed E-state index contributed by atoms with van der Waals surface area (Å²) in [6.45, 7) is 5.07. The van der Waals surface area contributed by atoms with Gasteiger partial charge in [0.05, 0.1) is 12.3 Å². The summed E-state index contributed by atoms with van der Waals surface area (Å²) in [6.07, 6.45) is 3.65. The first-order valence-corrected chi connectivity index (χ1v) is 8.32. The summed E-state index contributed by atoms with van der Waals surface area (Å²) in [5.41, 5.74) is 0. The molecule has 2 atom stereocenters. The highest BCUT2D eigenvalue weighted by Crippen LogP contribution is 2.20. The molecule has 0 radical (unpaired) electrons. The van der Waals surface area contributed by atoms with Crippen molar-refractivity contribution in [3.05, 3.63) is 23.7 Å². The van der Waals surface area contributed by atoms with Crippen LogP contribution in [0.1, 0.15) is 44.6 Å². The van der Waals surface area contributed by atoms with Crippen molar-refractivity contribution in [2.24, 2.45) is 5.92 Å². The maximum absolute atomic E-state index is 11.9. The highest BCUT2D eigenvalue weighted by Gasteiger charge is 2.20. The van der Waals surface area contributed by atoms with E-state index in [1.165, 1.54) is 12.8 Å². The molecule has 1 aromatic rings. The molecule has 4 heteroatoms. The Morgan fingerprint density at radius 1 is 1.44 bits per heavy atom. The zero-order valence-corrected chi connectivity index (χ0v) is 12.1. The Labute approximate surface area is 112 Å². The van der Waals surface area contributed by atoms with E-state index in [1.807, 2.05) is 12.1 Å². The van der Waals surface area contributed by atoms with Crippen LogP contribution in [0.3, 0.4) is 0 Å². The first kappa shape index (κ1) is 13.8. The van der Waals surface area contributed by atoms with Crippen molar-refractivity contribution in [1.82, 2.24) is 5.32 Å². The maximum Gasteiger partial charge on any atom is 0.118 e. The van der Waals surface area contributed by atoms with E-state index in [9.17, 15) is 4.21 Å². The highest BCUT2D eigenvalue weighted by atomic mass is 32.2. The Kier molecular flexibility index (Phi) is 5.01. The van der Waals surface area contributed by atoms with Gasteiger partial charge < -0.3 is 9.73 Å². The van der Waals surface area contributed by atoms with Crippen LogP contribution in [0, 0.1) is 5.92 Å². The third kappa shape index (κ3) is 4.58. The minimum absolute atomic E-state index is 0.525. The summed E-state index contributed by atoms with van der Waals surface area (Å²) < 4.78 is 17.6. The molecule has 1 aliphatic rings. The van der Waals surface area contributed by atoms with Crippen molar-refractivity contribution >= 4 is 10.8 Å². The molecular formula is C14H23NO2S. The molecule has 0 aliphatic heterocycles. The lowest BCUT2D eigenvalue weighted by molar-refractivity contribution is 0.457. The fourth-order valence-electron chi connectivity index (χ4n) is 1.78. The van der Waals surface area contributed by atoms with Crippen molar-refractivity contribution in [3.63, 3.8) is 0 Å². The van der Waals surface area contributed by atoms with E-state index in [0.29, 0.717) is 17.7 Å². The van der Waals surface area contributed by atoms with E-state index in [4.69, 9.17) is 4.42 Å². The minimum atomic E-state index is -0.802. The summed E-state index contributed by atoms with van der Waals surface area (Å²) in [5.74, 6) is 3.65. The molecular weight excluding hydrogens is 246 g/mol. The van der Waals surface area contributed by atoms with Crippen LogP contribution in [0.5, 0.6) is 0 Å². The second kappa shape index (κ2) is 6.53. The average Bonchev–Trinajstić information content (AvgIpc) is 3.07. The largest absolute Gasteiger partial charge is 0.464 e. The minimum Gasteiger partial charge on any atom is -0.464 e. The van der Waals surface area contributed by atoms with Gasteiger partial charge in [0, 0.05) is 22.6 Å². The molecule has 0 bridgehead atoms. The van der Waals surface area contributed by atoms with Crippen molar-refractivity contribution in [2.45, 2.75) is 51.4 Å². The molecule has 102 valence electrons. The van der Waals surface area contributed by atoms with Gasteiger partial charge in [-0.15, -0.1) is 0 Å². The average molecular weight is 269 g/mol. The number of rotatable bonds is 8. The SMILES string of the molecule is CCC(C)CS(=O)Cc1ccc(CNC2CC2)o1. The molecule has 1 fully saturated rings. The molecule has 3 nitrogen and oxygen atoms in total. The van der Waals surface area contributed by atoms with Gasteiger partial charge in [-0.2, -0.15) is 0 Å². The Bertz CT molecular complexity index is 398. The Morgan fingerprint density at radius 2 is 2.17 bits per heavy atom. The maximum atomic E-state index is 11.9. The van der Waals surface area contributed by atoms with Gasteiger partial charge in [-0.25, -0.2) is 0 Å². The van der Waals surface area contributed by atoms with E-state index >= 15 is 0 Å². The third-order valence-corrected chi connectivity index (χ3v) is 4.88. The molecule has 0 spiro atoms. The van der Waals surface area contributed by atoms with Gasteiger partial charge in [0.25, 0.3) is 0 Å². The first-order valence-electron chi connectivity index (χ1n) is 6.83. The number of hydrogen-bond donors (Lipinski definition) is 1. The first-order chi connectivity index (χ1) is 8.67. The van der Waals surface area contributed by atoms with Gasteiger partial charge >= 0.3 is 0 Å². The van der Waals surface area contributed by atoms with Crippen LogP contribution in [0.25, 0.3) is 0 Å². The van der Waals surface area contributed by atoms with Crippen LogP contribution >= 0.6 is 0 Å². The smallest absolute Gasteiger partial charge is 0.118 e. The molecule has 1 aromatic heterocycles. The molecule has 0 aromatic carbocycles. The second-order valence-electron chi connectivity index (χ2n) is 5.29. The predicted molar refractivity (Wildman–Crippen MR) is 74.7 cm³/mol. The van der Waals surface area contributed by atoms with Crippen LogP contribution < -0.4 is 5.32 Å². The van der Waals surface area contributed by atoms with Crippen molar-refractivity contribution in [2.75, 3.05) is 5.75 Å².